The van der Waals surface area contributed by atoms with Gasteiger partial charge in [-0.25, -0.2) is 0 Å². The Kier molecular flexibility index (Phi) is 5.13. The second-order valence-electron chi connectivity index (χ2n) is 4.70. The zero-order valence-electron chi connectivity index (χ0n) is 12.8. The molecule has 1 saturated heterocycles. The highest BCUT2D eigenvalue weighted by molar-refractivity contribution is 5.73. The molecule has 0 spiro atoms. The molecular formula is C13H22N6O2. The van der Waals surface area contributed by atoms with Crippen molar-refractivity contribution < 1.29 is 9.53 Å². The molecule has 2 rings (SSSR count). The van der Waals surface area contributed by atoms with Crippen LogP contribution in [0, 0.1) is 0 Å². The maximum Gasteiger partial charge on any atom is 0.323 e. The zero-order chi connectivity index (χ0) is 15.2. The van der Waals surface area contributed by atoms with Crippen molar-refractivity contribution in [2.24, 2.45) is 0 Å². The fourth-order valence-electron chi connectivity index (χ4n) is 2.14. The summed E-state index contributed by atoms with van der Waals surface area (Å²) in [6, 6.07) is 0.326. The molecule has 1 aromatic heterocycles. The first-order chi connectivity index (χ1) is 10.1. The van der Waals surface area contributed by atoms with Crippen LogP contribution in [-0.2, 0) is 4.79 Å². The van der Waals surface area contributed by atoms with Crippen molar-refractivity contribution in [2.45, 2.75) is 20.8 Å². The number of ether oxygens (including phenoxy) is 1. The van der Waals surface area contributed by atoms with Gasteiger partial charge in [0.2, 0.25) is 17.8 Å². The van der Waals surface area contributed by atoms with Gasteiger partial charge in [-0.2, -0.15) is 15.0 Å². The topological polar surface area (TPSA) is 83.5 Å². The van der Waals surface area contributed by atoms with Crippen LogP contribution in [0.5, 0.6) is 6.01 Å². The smallest absolute Gasteiger partial charge is 0.323 e. The SMILES string of the molecule is CCNc1nc(OCC)nc(N2CCN(C(C)=O)CC2)n1. The first-order valence-electron chi connectivity index (χ1n) is 7.27. The molecule has 0 saturated carbocycles. The van der Waals surface area contributed by atoms with Gasteiger partial charge in [0.1, 0.15) is 0 Å². The fraction of sp³-hybridized carbons (Fsp3) is 0.692. The Hall–Kier alpha value is -2.12. The molecule has 1 fully saturated rings. The summed E-state index contributed by atoms with van der Waals surface area (Å²) in [5.74, 6) is 1.21. The van der Waals surface area contributed by atoms with Crippen LogP contribution in [0.1, 0.15) is 20.8 Å². The highest BCUT2D eigenvalue weighted by atomic mass is 16.5. The number of hydrogen-bond donors (Lipinski definition) is 1. The predicted molar refractivity (Wildman–Crippen MR) is 79.6 cm³/mol. The van der Waals surface area contributed by atoms with Crippen molar-refractivity contribution in [2.75, 3.05) is 49.5 Å². The summed E-state index contributed by atoms with van der Waals surface area (Å²) in [7, 11) is 0. The van der Waals surface area contributed by atoms with Crippen molar-refractivity contribution in [1.29, 1.82) is 0 Å². The number of aromatic nitrogens is 3. The van der Waals surface area contributed by atoms with Gasteiger partial charge < -0.3 is 19.9 Å². The van der Waals surface area contributed by atoms with Gasteiger partial charge in [0.05, 0.1) is 6.61 Å². The van der Waals surface area contributed by atoms with Gasteiger partial charge in [-0.15, -0.1) is 0 Å². The number of anilines is 2. The summed E-state index contributed by atoms with van der Waals surface area (Å²) in [5, 5.41) is 3.08. The number of hydrogen-bond acceptors (Lipinski definition) is 7. The molecule has 1 aliphatic rings. The standard InChI is InChI=1S/C13H22N6O2/c1-4-14-11-15-12(17-13(16-11)21-5-2)19-8-6-18(7-9-19)10(3)20/h4-9H2,1-3H3,(H,14,15,16,17). The van der Waals surface area contributed by atoms with E-state index in [0.29, 0.717) is 50.7 Å². The minimum Gasteiger partial charge on any atom is -0.464 e. The van der Waals surface area contributed by atoms with Gasteiger partial charge in [0.15, 0.2) is 0 Å². The van der Waals surface area contributed by atoms with E-state index in [9.17, 15) is 4.79 Å². The zero-order valence-corrected chi connectivity index (χ0v) is 12.8. The van der Waals surface area contributed by atoms with E-state index in [0.717, 1.165) is 6.54 Å². The van der Waals surface area contributed by atoms with Crippen molar-refractivity contribution >= 4 is 17.8 Å². The maximum absolute atomic E-state index is 11.4. The molecule has 8 nitrogen and oxygen atoms in total. The summed E-state index contributed by atoms with van der Waals surface area (Å²) in [5.41, 5.74) is 0. The Morgan fingerprint density at radius 1 is 1.19 bits per heavy atom. The molecule has 1 aliphatic heterocycles. The van der Waals surface area contributed by atoms with Gasteiger partial charge in [-0.05, 0) is 13.8 Å². The lowest BCUT2D eigenvalue weighted by molar-refractivity contribution is -0.129. The largest absolute Gasteiger partial charge is 0.464 e. The molecule has 2 heterocycles. The highest BCUT2D eigenvalue weighted by Gasteiger charge is 2.21. The van der Waals surface area contributed by atoms with E-state index in [1.54, 1.807) is 6.92 Å². The van der Waals surface area contributed by atoms with Crippen molar-refractivity contribution in [3.63, 3.8) is 0 Å². The van der Waals surface area contributed by atoms with Crippen molar-refractivity contribution in [3.05, 3.63) is 0 Å². The van der Waals surface area contributed by atoms with Crippen molar-refractivity contribution in [1.82, 2.24) is 19.9 Å². The van der Waals surface area contributed by atoms with Gasteiger partial charge in [0.25, 0.3) is 0 Å². The van der Waals surface area contributed by atoms with E-state index in [4.69, 9.17) is 4.74 Å². The lowest BCUT2D eigenvalue weighted by Crippen LogP contribution is -2.48. The number of carbonyl (C=O) groups excluding carboxylic acids is 1. The normalized spacial score (nSPS) is 15.0. The third-order valence-electron chi connectivity index (χ3n) is 3.22. The maximum atomic E-state index is 11.4. The van der Waals surface area contributed by atoms with E-state index in [1.807, 2.05) is 23.6 Å². The predicted octanol–water partition coefficient (Wildman–Crippen LogP) is 0.371. The number of piperazine rings is 1. The van der Waals surface area contributed by atoms with Crippen LogP contribution in [0.2, 0.25) is 0 Å². The number of amides is 1. The van der Waals surface area contributed by atoms with E-state index in [1.165, 1.54) is 0 Å². The molecule has 0 aliphatic carbocycles. The summed E-state index contributed by atoms with van der Waals surface area (Å²) in [6.07, 6.45) is 0. The first-order valence-corrected chi connectivity index (χ1v) is 7.27. The summed E-state index contributed by atoms with van der Waals surface area (Å²) < 4.78 is 5.39. The second-order valence-corrected chi connectivity index (χ2v) is 4.70. The monoisotopic (exact) mass is 294 g/mol. The molecular weight excluding hydrogens is 272 g/mol. The lowest BCUT2D eigenvalue weighted by atomic mass is 10.3. The molecule has 0 aromatic carbocycles. The molecule has 8 heteroatoms. The van der Waals surface area contributed by atoms with Gasteiger partial charge >= 0.3 is 6.01 Å². The molecule has 1 N–H and O–H groups in total. The van der Waals surface area contributed by atoms with Crippen LogP contribution in [0.4, 0.5) is 11.9 Å². The number of carbonyl (C=O) groups is 1. The van der Waals surface area contributed by atoms with E-state index in [-0.39, 0.29) is 5.91 Å². The molecule has 0 unspecified atom stereocenters. The molecule has 0 bridgehead atoms. The molecule has 1 amide bonds. The van der Waals surface area contributed by atoms with Crippen LogP contribution < -0.4 is 15.0 Å². The fourth-order valence-corrected chi connectivity index (χ4v) is 2.14. The van der Waals surface area contributed by atoms with E-state index >= 15 is 0 Å². The summed E-state index contributed by atoms with van der Waals surface area (Å²) >= 11 is 0. The van der Waals surface area contributed by atoms with E-state index < -0.39 is 0 Å². The van der Waals surface area contributed by atoms with Gasteiger partial charge in [-0.3, -0.25) is 4.79 Å². The van der Waals surface area contributed by atoms with E-state index in [2.05, 4.69) is 20.3 Å². The molecule has 1 aromatic rings. The Morgan fingerprint density at radius 3 is 2.48 bits per heavy atom. The second kappa shape index (κ2) is 7.05. The van der Waals surface area contributed by atoms with Crippen LogP contribution in [-0.4, -0.2) is 65.1 Å². The Balaban J connectivity index is 2.13. The summed E-state index contributed by atoms with van der Waals surface area (Å²) in [4.78, 5) is 28.2. The summed E-state index contributed by atoms with van der Waals surface area (Å²) in [6.45, 7) is 9.48. The van der Waals surface area contributed by atoms with Crippen LogP contribution in [0.15, 0.2) is 0 Å². The Bertz CT molecular complexity index is 463. The Morgan fingerprint density at radius 2 is 1.90 bits per heavy atom. The quantitative estimate of drug-likeness (QED) is 0.840. The molecule has 21 heavy (non-hydrogen) atoms. The third-order valence-corrected chi connectivity index (χ3v) is 3.22. The highest BCUT2D eigenvalue weighted by Crippen LogP contribution is 2.16. The van der Waals surface area contributed by atoms with Gasteiger partial charge in [0, 0.05) is 39.6 Å². The average Bonchev–Trinajstić information content (AvgIpc) is 2.48. The molecule has 116 valence electrons. The minimum absolute atomic E-state index is 0.105. The average molecular weight is 294 g/mol. The van der Waals surface area contributed by atoms with Crippen LogP contribution in [0.3, 0.4) is 0 Å². The minimum atomic E-state index is 0.105. The van der Waals surface area contributed by atoms with Gasteiger partial charge in [-0.1, -0.05) is 0 Å². The first kappa shape index (κ1) is 15.3. The number of nitrogens with one attached hydrogen (secondary N) is 1. The Labute approximate surface area is 124 Å². The molecule has 0 radical (unpaired) electrons. The number of nitrogens with zero attached hydrogens (tertiary/aromatic N) is 5. The number of rotatable bonds is 5. The third kappa shape index (κ3) is 3.93. The van der Waals surface area contributed by atoms with Crippen LogP contribution >= 0.6 is 0 Å². The lowest BCUT2D eigenvalue weighted by Gasteiger charge is -2.34. The molecule has 0 atom stereocenters. The van der Waals surface area contributed by atoms with Crippen molar-refractivity contribution in [3.8, 4) is 6.01 Å². The van der Waals surface area contributed by atoms with Crippen LogP contribution in [0.25, 0.3) is 0 Å².